The molecule has 0 aliphatic carbocycles. The lowest BCUT2D eigenvalue weighted by atomic mass is 10.0. The maximum atomic E-state index is 12.0. The van der Waals surface area contributed by atoms with Crippen molar-refractivity contribution in [2.45, 2.75) is 0 Å². The Morgan fingerprint density at radius 1 is 0.889 bits per heavy atom. The molecule has 3 N–H and O–H groups in total. The molecule has 5 heteroatoms. The lowest BCUT2D eigenvalue weighted by Crippen LogP contribution is -2.06. The second-order valence-corrected chi connectivity index (χ2v) is 3.71. The van der Waals surface area contributed by atoms with Gasteiger partial charge in [0.2, 0.25) is 0 Å². The van der Waals surface area contributed by atoms with Gasteiger partial charge in [0.25, 0.3) is 0 Å². The number of phenolic OH excluding ortho intramolecular Hbond substituents is 3. The molecule has 2 rings (SSSR count). The molecule has 0 aliphatic rings. The molecule has 18 heavy (non-hydrogen) atoms. The summed E-state index contributed by atoms with van der Waals surface area (Å²) in [6.45, 7) is 0. The van der Waals surface area contributed by atoms with Crippen molar-refractivity contribution in [1.82, 2.24) is 0 Å². The normalized spacial score (nSPS) is 10.2. The Balaban J connectivity index is 2.48. The van der Waals surface area contributed by atoms with Gasteiger partial charge >= 0.3 is 0 Å². The maximum Gasteiger partial charge on any atom is 0.196 e. The molecule has 5 nitrogen and oxygen atoms in total. The second-order valence-electron chi connectivity index (χ2n) is 3.71. The van der Waals surface area contributed by atoms with Crippen LogP contribution in [0.15, 0.2) is 36.4 Å². The highest BCUT2D eigenvalue weighted by Gasteiger charge is 2.14. The Bertz CT molecular complexity index is 565. The Kier molecular flexibility index (Phi) is 2.81. The zero-order chi connectivity index (χ0) is 13.3. The van der Waals surface area contributed by atoms with Crippen LogP contribution in [0.5, 0.6) is 23.0 Å². The first-order valence-corrected chi connectivity index (χ1v) is 5.06. The molecule has 0 spiro atoms. The number of carbonyl (C=O) groups is 1. The van der Waals surface area contributed by atoms with Gasteiger partial charge in [0.05, 0.1) is 5.56 Å². The van der Waals surface area contributed by atoms with Gasteiger partial charge in [-0.2, -0.15) is 0 Å². The number of carbonyl (C=O) groups excluding carboxylic acids is 1. The summed E-state index contributed by atoms with van der Waals surface area (Å²) in [6, 6.07) is 6.79. The van der Waals surface area contributed by atoms with E-state index >= 15 is 0 Å². The van der Waals surface area contributed by atoms with Crippen LogP contribution in [0.1, 0.15) is 15.9 Å². The zero-order valence-corrected chi connectivity index (χ0v) is 9.12. The van der Waals surface area contributed by atoms with E-state index < -0.39 is 17.3 Å². The van der Waals surface area contributed by atoms with E-state index in [4.69, 9.17) is 10.2 Å². The summed E-state index contributed by atoms with van der Waals surface area (Å²) in [6.07, 6.45) is 0. The standard InChI is InChI=1S/C13H10O5/c14-7-1-3-9(11(16)5-7)13(18)10-4-2-8(15)6-12(10)17/h1-6,14-17H/p-1. The van der Waals surface area contributed by atoms with E-state index in [1.165, 1.54) is 24.3 Å². The van der Waals surface area contributed by atoms with Crippen LogP contribution >= 0.6 is 0 Å². The van der Waals surface area contributed by atoms with E-state index in [0.29, 0.717) is 0 Å². The van der Waals surface area contributed by atoms with Crippen molar-refractivity contribution in [3.63, 3.8) is 0 Å². The molecule has 0 bridgehead atoms. The highest BCUT2D eigenvalue weighted by molar-refractivity contribution is 6.12. The monoisotopic (exact) mass is 245 g/mol. The fourth-order valence-corrected chi connectivity index (χ4v) is 1.56. The molecular formula is C13H9O5-. The van der Waals surface area contributed by atoms with Crippen LogP contribution in [0.4, 0.5) is 0 Å². The smallest absolute Gasteiger partial charge is 0.196 e. The molecule has 0 heterocycles. The quantitative estimate of drug-likeness (QED) is 0.688. The number of hydrogen-bond donors (Lipinski definition) is 3. The van der Waals surface area contributed by atoms with Gasteiger partial charge in [-0.15, -0.1) is 0 Å². The lowest BCUT2D eigenvalue weighted by Gasteiger charge is -2.13. The number of hydrogen-bond acceptors (Lipinski definition) is 5. The van der Waals surface area contributed by atoms with Crippen molar-refractivity contribution in [2.75, 3.05) is 0 Å². The average molecular weight is 245 g/mol. The average Bonchev–Trinajstić information content (AvgIpc) is 2.28. The van der Waals surface area contributed by atoms with Crippen LogP contribution < -0.4 is 5.11 Å². The molecule has 0 saturated carbocycles. The molecular weight excluding hydrogens is 236 g/mol. The summed E-state index contributed by atoms with van der Waals surface area (Å²) in [5, 5.41) is 39.3. The van der Waals surface area contributed by atoms with Crippen LogP contribution in [0.2, 0.25) is 0 Å². The van der Waals surface area contributed by atoms with Crippen LogP contribution in [0.3, 0.4) is 0 Å². The molecule has 0 radical (unpaired) electrons. The van der Waals surface area contributed by atoms with Crippen molar-refractivity contribution < 1.29 is 25.2 Å². The summed E-state index contributed by atoms with van der Waals surface area (Å²) in [4.78, 5) is 12.0. The number of phenols is 3. The summed E-state index contributed by atoms with van der Waals surface area (Å²) in [7, 11) is 0. The first-order valence-electron chi connectivity index (χ1n) is 5.06. The summed E-state index contributed by atoms with van der Waals surface area (Å²) < 4.78 is 0. The number of ketones is 1. The minimum atomic E-state index is -0.669. The Morgan fingerprint density at radius 2 is 1.44 bits per heavy atom. The van der Waals surface area contributed by atoms with Crippen molar-refractivity contribution in [1.29, 1.82) is 0 Å². The van der Waals surface area contributed by atoms with Crippen LogP contribution in [0.25, 0.3) is 0 Å². The van der Waals surface area contributed by atoms with Crippen molar-refractivity contribution >= 4 is 5.78 Å². The third kappa shape index (κ3) is 2.06. The topological polar surface area (TPSA) is 101 Å². The Hall–Kier alpha value is -2.69. The van der Waals surface area contributed by atoms with Crippen molar-refractivity contribution in [3.8, 4) is 23.0 Å². The number of rotatable bonds is 2. The zero-order valence-electron chi connectivity index (χ0n) is 9.12. The van der Waals surface area contributed by atoms with E-state index in [-0.39, 0.29) is 22.6 Å². The first-order chi connectivity index (χ1) is 8.49. The van der Waals surface area contributed by atoms with Crippen molar-refractivity contribution in [2.24, 2.45) is 0 Å². The molecule has 0 aromatic heterocycles. The van der Waals surface area contributed by atoms with Gasteiger partial charge in [0.1, 0.15) is 17.2 Å². The number of aromatic hydroxyl groups is 3. The highest BCUT2D eigenvalue weighted by Crippen LogP contribution is 2.28. The summed E-state index contributed by atoms with van der Waals surface area (Å²) in [5.41, 5.74) is -0.246. The molecule has 0 aliphatic heterocycles. The molecule has 2 aromatic rings. The molecule has 0 atom stereocenters. The molecule has 0 fully saturated rings. The summed E-state index contributed by atoms with van der Waals surface area (Å²) in [5.74, 6) is -2.12. The van der Waals surface area contributed by atoms with Gasteiger partial charge in [-0.25, -0.2) is 0 Å². The fraction of sp³-hybridized carbons (Fsp3) is 0. The van der Waals surface area contributed by atoms with Crippen molar-refractivity contribution in [3.05, 3.63) is 47.5 Å². The predicted octanol–water partition coefficient (Wildman–Crippen LogP) is 1.11. The molecule has 0 unspecified atom stereocenters. The minimum Gasteiger partial charge on any atom is -0.872 e. The van der Waals surface area contributed by atoms with E-state index in [1.807, 2.05) is 0 Å². The highest BCUT2D eigenvalue weighted by atomic mass is 16.3. The molecule has 2 aromatic carbocycles. The van der Waals surface area contributed by atoms with Gasteiger partial charge in [-0.3, -0.25) is 4.79 Å². The lowest BCUT2D eigenvalue weighted by molar-refractivity contribution is -0.268. The van der Waals surface area contributed by atoms with Gasteiger partial charge < -0.3 is 20.4 Å². The van der Waals surface area contributed by atoms with E-state index in [9.17, 15) is 15.0 Å². The van der Waals surface area contributed by atoms with Gasteiger partial charge in [0.15, 0.2) is 5.78 Å². The van der Waals surface area contributed by atoms with Crippen LogP contribution in [0, 0.1) is 0 Å². The van der Waals surface area contributed by atoms with Gasteiger partial charge in [-0.05, 0) is 30.3 Å². The van der Waals surface area contributed by atoms with E-state index in [0.717, 1.165) is 12.1 Å². The van der Waals surface area contributed by atoms with E-state index in [1.54, 1.807) is 0 Å². The number of benzene rings is 2. The third-order valence-electron chi connectivity index (χ3n) is 2.44. The van der Waals surface area contributed by atoms with E-state index in [2.05, 4.69) is 0 Å². The summed E-state index contributed by atoms with van der Waals surface area (Å²) >= 11 is 0. The minimum absolute atomic E-state index is 0.0874. The molecule has 0 amide bonds. The van der Waals surface area contributed by atoms with Crippen LogP contribution in [-0.4, -0.2) is 21.1 Å². The second kappa shape index (κ2) is 4.29. The van der Waals surface area contributed by atoms with Gasteiger partial charge in [0, 0.05) is 11.6 Å². The van der Waals surface area contributed by atoms with Gasteiger partial charge in [-0.1, -0.05) is 5.75 Å². The molecule has 92 valence electrons. The first kappa shape index (κ1) is 11.8. The largest absolute Gasteiger partial charge is 0.872 e. The Labute approximate surface area is 102 Å². The molecule has 0 saturated heterocycles. The SMILES string of the molecule is O=C(c1ccc(O)cc1[O-])c1ccc(O)cc1O. The fourth-order valence-electron chi connectivity index (χ4n) is 1.56. The Morgan fingerprint density at radius 3 is 2.00 bits per heavy atom. The maximum absolute atomic E-state index is 12.0. The predicted molar refractivity (Wildman–Crippen MR) is 60.8 cm³/mol. The van der Waals surface area contributed by atoms with Crippen LogP contribution in [-0.2, 0) is 0 Å². The third-order valence-corrected chi connectivity index (χ3v) is 2.44.